The van der Waals surface area contributed by atoms with Gasteiger partial charge in [0.2, 0.25) is 5.91 Å². The maximum Gasteiger partial charge on any atom is 0.307 e. The second kappa shape index (κ2) is 6.29. The van der Waals surface area contributed by atoms with Gasteiger partial charge in [-0.05, 0) is 55.2 Å². The van der Waals surface area contributed by atoms with Crippen LogP contribution >= 0.6 is 0 Å². The lowest BCUT2D eigenvalue weighted by atomic mass is 9.76. The van der Waals surface area contributed by atoms with Crippen LogP contribution in [0.25, 0.3) is 0 Å². The smallest absolute Gasteiger partial charge is 0.307 e. The number of aliphatic carboxylic acids is 1. The van der Waals surface area contributed by atoms with E-state index in [-0.39, 0.29) is 17.2 Å². The highest BCUT2D eigenvalue weighted by Crippen LogP contribution is 2.59. The average Bonchev–Trinajstić information content (AvgIpc) is 3.14. The average molecular weight is 357 g/mol. The van der Waals surface area contributed by atoms with Crippen molar-refractivity contribution in [3.05, 3.63) is 29.8 Å². The zero-order chi connectivity index (χ0) is 18.4. The van der Waals surface area contributed by atoms with E-state index in [2.05, 4.69) is 6.07 Å². The van der Waals surface area contributed by atoms with Crippen molar-refractivity contribution in [2.24, 2.45) is 11.3 Å². The third kappa shape index (κ3) is 2.68. The maximum atomic E-state index is 13.5. The van der Waals surface area contributed by atoms with Gasteiger partial charge in [-0.3, -0.25) is 9.59 Å². The number of nitrogens with zero attached hydrogens (tertiary/aromatic N) is 1. The second-order valence-corrected chi connectivity index (χ2v) is 8.27. The molecule has 26 heavy (non-hydrogen) atoms. The Morgan fingerprint density at radius 2 is 1.85 bits per heavy atom. The Labute approximate surface area is 154 Å². The Bertz CT molecular complexity index is 714. The number of carbonyl (C=O) groups excluding carboxylic acids is 1. The van der Waals surface area contributed by atoms with E-state index in [0.29, 0.717) is 13.1 Å². The minimum atomic E-state index is -0.673. The lowest BCUT2D eigenvalue weighted by Crippen LogP contribution is -2.49. The molecule has 1 saturated heterocycles. The molecule has 1 unspecified atom stereocenters. The summed E-state index contributed by atoms with van der Waals surface area (Å²) in [4.78, 5) is 26.8. The summed E-state index contributed by atoms with van der Waals surface area (Å²) in [6, 6.07) is 7.95. The van der Waals surface area contributed by atoms with E-state index in [1.807, 2.05) is 23.1 Å². The van der Waals surface area contributed by atoms with Crippen molar-refractivity contribution in [2.75, 3.05) is 20.2 Å². The maximum absolute atomic E-state index is 13.5. The molecule has 140 valence electrons. The first-order chi connectivity index (χ1) is 12.5. The fourth-order valence-corrected chi connectivity index (χ4v) is 5.23. The first kappa shape index (κ1) is 17.4. The molecule has 1 heterocycles. The summed E-state index contributed by atoms with van der Waals surface area (Å²) >= 11 is 0. The van der Waals surface area contributed by atoms with E-state index in [0.717, 1.165) is 56.3 Å². The summed E-state index contributed by atoms with van der Waals surface area (Å²) in [6.45, 7) is 1.38. The van der Waals surface area contributed by atoms with Crippen molar-refractivity contribution in [2.45, 2.75) is 50.4 Å². The van der Waals surface area contributed by atoms with Crippen molar-refractivity contribution in [1.29, 1.82) is 0 Å². The lowest BCUT2D eigenvalue weighted by Gasteiger charge is -2.39. The van der Waals surface area contributed by atoms with Crippen LogP contribution in [0.1, 0.15) is 50.5 Å². The molecule has 1 aromatic rings. The molecule has 1 atom stereocenters. The molecule has 1 spiro atoms. The zero-order valence-electron chi connectivity index (χ0n) is 15.4. The largest absolute Gasteiger partial charge is 0.497 e. The van der Waals surface area contributed by atoms with Crippen molar-refractivity contribution in [3.8, 4) is 5.75 Å². The molecule has 4 rings (SSSR count). The van der Waals surface area contributed by atoms with Crippen LogP contribution in [0, 0.1) is 11.3 Å². The highest BCUT2D eigenvalue weighted by atomic mass is 16.5. The van der Waals surface area contributed by atoms with Crippen molar-refractivity contribution < 1.29 is 19.4 Å². The van der Waals surface area contributed by atoms with Gasteiger partial charge in [0, 0.05) is 13.1 Å². The molecule has 5 heteroatoms. The Kier molecular flexibility index (Phi) is 4.20. The molecule has 1 amide bonds. The number of carboxylic acids is 1. The van der Waals surface area contributed by atoms with Gasteiger partial charge in [-0.25, -0.2) is 0 Å². The number of carbonyl (C=O) groups is 2. The van der Waals surface area contributed by atoms with E-state index >= 15 is 0 Å². The molecular weight excluding hydrogens is 330 g/mol. The van der Waals surface area contributed by atoms with Gasteiger partial charge >= 0.3 is 5.97 Å². The van der Waals surface area contributed by atoms with Crippen molar-refractivity contribution in [1.82, 2.24) is 4.90 Å². The minimum Gasteiger partial charge on any atom is -0.497 e. The van der Waals surface area contributed by atoms with Crippen LogP contribution in [-0.4, -0.2) is 42.1 Å². The predicted octanol–water partition coefficient (Wildman–Crippen LogP) is 3.22. The quantitative estimate of drug-likeness (QED) is 0.898. The number of likely N-dealkylation sites (tertiary alicyclic amines) is 1. The summed E-state index contributed by atoms with van der Waals surface area (Å²) in [5, 5.41) is 9.27. The third-order valence-corrected chi connectivity index (χ3v) is 7.02. The first-order valence-electron chi connectivity index (χ1n) is 9.68. The molecule has 2 saturated carbocycles. The van der Waals surface area contributed by atoms with Crippen LogP contribution in [0.2, 0.25) is 0 Å². The number of rotatable bonds is 4. The molecule has 0 radical (unpaired) electrons. The van der Waals surface area contributed by atoms with Crippen LogP contribution in [0.4, 0.5) is 0 Å². The molecular formula is C21H27NO4. The molecule has 3 fully saturated rings. The molecule has 0 aromatic heterocycles. The number of ether oxygens (including phenoxy) is 1. The molecule has 2 aliphatic carbocycles. The summed E-state index contributed by atoms with van der Waals surface area (Å²) in [5.74, 6) is 0.152. The van der Waals surface area contributed by atoms with Crippen molar-refractivity contribution >= 4 is 11.9 Å². The van der Waals surface area contributed by atoms with Crippen LogP contribution in [0.15, 0.2) is 24.3 Å². The summed E-state index contributed by atoms with van der Waals surface area (Å²) in [7, 11) is 1.65. The van der Waals surface area contributed by atoms with Gasteiger partial charge in [0.15, 0.2) is 0 Å². The number of hydrogen-bond acceptors (Lipinski definition) is 3. The number of piperidine rings is 1. The number of hydrogen-bond donors (Lipinski definition) is 1. The highest BCUT2D eigenvalue weighted by Gasteiger charge is 2.59. The van der Waals surface area contributed by atoms with Gasteiger partial charge < -0.3 is 14.7 Å². The van der Waals surface area contributed by atoms with Crippen LogP contribution in [0.3, 0.4) is 0 Å². The molecule has 1 aromatic carbocycles. The molecule has 5 nitrogen and oxygen atoms in total. The standard InChI is InChI=1S/C21H27NO4/c1-26-16-6-4-5-15(13-16)21(7-2-3-8-21)19(25)22-11-9-20(10-12-22)14-17(20)18(23)24/h4-6,13,17H,2-3,7-12,14H2,1H3,(H,23,24). The minimum absolute atomic E-state index is 0.0403. The van der Waals surface area contributed by atoms with Gasteiger partial charge in [-0.2, -0.15) is 0 Å². The van der Waals surface area contributed by atoms with Gasteiger partial charge in [-0.1, -0.05) is 25.0 Å². The SMILES string of the molecule is COc1cccc(C2(C(=O)N3CCC4(CC3)CC4C(=O)O)CCCC2)c1. The number of amides is 1. The van der Waals surface area contributed by atoms with Crippen LogP contribution < -0.4 is 4.74 Å². The fraction of sp³-hybridized carbons (Fsp3) is 0.619. The Morgan fingerprint density at radius 3 is 2.42 bits per heavy atom. The number of carboxylic acid groups (broad SMARTS) is 1. The van der Waals surface area contributed by atoms with E-state index in [4.69, 9.17) is 4.74 Å². The molecule has 0 bridgehead atoms. The van der Waals surface area contributed by atoms with E-state index < -0.39 is 11.4 Å². The van der Waals surface area contributed by atoms with E-state index in [1.165, 1.54) is 0 Å². The summed E-state index contributed by atoms with van der Waals surface area (Å²) in [6.07, 6.45) is 6.35. The normalized spacial score (nSPS) is 25.9. The number of methoxy groups -OCH3 is 1. The predicted molar refractivity (Wildman–Crippen MR) is 97.1 cm³/mol. The molecule has 1 aliphatic heterocycles. The van der Waals surface area contributed by atoms with Gasteiger partial charge in [0.05, 0.1) is 18.4 Å². The van der Waals surface area contributed by atoms with Crippen LogP contribution in [0.5, 0.6) is 5.75 Å². The first-order valence-corrected chi connectivity index (χ1v) is 9.68. The lowest BCUT2D eigenvalue weighted by molar-refractivity contribution is -0.140. The van der Waals surface area contributed by atoms with E-state index in [1.54, 1.807) is 7.11 Å². The third-order valence-electron chi connectivity index (χ3n) is 7.02. The van der Waals surface area contributed by atoms with Gasteiger partial charge in [0.1, 0.15) is 5.75 Å². The van der Waals surface area contributed by atoms with E-state index in [9.17, 15) is 14.7 Å². The summed E-state index contributed by atoms with van der Waals surface area (Å²) in [5.41, 5.74) is 0.588. The Morgan fingerprint density at radius 1 is 1.15 bits per heavy atom. The molecule has 1 N–H and O–H groups in total. The Balaban J connectivity index is 1.53. The van der Waals surface area contributed by atoms with Crippen molar-refractivity contribution in [3.63, 3.8) is 0 Å². The van der Waals surface area contributed by atoms with Gasteiger partial charge in [-0.15, -0.1) is 0 Å². The number of benzene rings is 1. The Hall–Kier alpha value is -2.04. The topological polar surface area (TPSA) is 66.8 Å². The monoisotopic (exact) mass is 357 g/mol. The highest BCUT2D eigenvalue weighted by molar-refractivity contribution is 5.89. The zero-order valence-corrected chi connectivity index (χ0v) is 15.4. The summed E-state index contributed by atoms with van der Waals surface area (Å²) < 4.78 is 5.37. The second-order valence-electron chi connectivity index (χ2n) is 8.27. The molecule has 3 aliphatic rings. The van der Waals surface area contributed by atoms with Crippen LogP contribution in [-0.2, 0) is 15.0 Å². The van der Waals surface area contributed by atoms with Gasteiger partial charge in [0.25, 0.3) is 0 Å². The fourth-order valence-electron chi connectivity index (χ4n) is 5.23.